The Hall–Kier alpha value is 0.694. The van der Waals surface area contributed by atoms with E-state index in [2.05, 4.69) is 0 Å². The van der Waals surface area contributed by atoms with Crippen molar-refractivity contribution in [1.82, 2.24) is 0 Å². The molecule has 0 atom stereocenters. The monoisotopic (exact) mass is 143 g/mol. The van der Waals surface area contributed by atoms with Crippen molar-refractivity contribution in [2.45, 2.75) is 0 Å². The number of hydrogen-bond acceptors (Lipinski definition) is 3. The first kappa shape index (κ1) is 15.9. The van der Waals surface area contributed by atoms with E-state index < -0.39 is 8.25 Å². The van der Waals surface area contributed by atoms with Crippen molar-refractivity contribution in [2.24, 2.45) is 0 Å². The van der Waals surface area contributed by atoms with Gasteiger partial charge in [0, 0.05) is 0 Å². The van der Waals surface area contributed by atoms with E-state index in [-0.39, 0.29) is 27.2 Å². The number of rotatable bonds is 0. The van der Waals surface area contributed by atoms with E-state index >= 15 is 0 Å². The van der Waals surface area contributed by atoms with Gasteiger partial charge in [-0.05, 0) is 0 Å². The first-order chi connectivity index (χ1) is 1.73. The Labute approximate surface area is 50.3 Å². The fraction of sp³-hybridized carbons (Fsp3) is 0. The summed E-state index contributed by atoms with van der Waals surface area (Å²) in [6.07, 6.45) is 0. The van der Waals surface area contributed by atoms with E-state index in [1.165, 1.54) is 0 Å². The van der Waals surface area contributed by atoms with E-state index in [0.29, 0.717) is 0 Å². The summed E-state index contributed by atoms with van der Waals surface area (Å²) in [5, 5.41) is 0. The average molecular weight is 143 g/mol. The molecule has 0 aliphatic heterocycles. The summed E-state index contributed by atoms with van der Waals surface area (Å²) in [7, 11) is -3.37. The molecule has 0 rings (SSSR count). The fourth-order valence-electron chi connectivity index (χ4n) is 0. The van der Waals surface area contributed by atoms with Crippen molar-refractivity contribution >= 4 is 8.25 Å². The van der Waals surface area contributed by atoms with Crippen LogP contribution in [0.15, 0.2) is 0 Å². The van der Waals surface area contributed by atoms with Crippen LogP contribution in [0.1, 0.15) is 0 Å². The van der Waals surface area contributed by atoms with E-state index in [1.807, 2.05) is 0 Å². The minimum Gasteiger partial charge on any atom is -2.00 e. The zero-order chi connectivity index (χ0) is 3.58. The van der Waals surface area contributed by atoms with Crippen molar-refractivity contribution < 1.29 is 41.5 Å². The maximum Gasteiger partial charge on any atom is 4.00 e. The third kappa shape index (κ3) is 133. The van der Waals surface area contributed by atoms with E-state index in [1.54, 1.807) is 0 Å². The predicted molar refractivity (Wildman–Crippen MR) is 8.29 cm³/mol. The molecule has 0 saturated carbocycles. The van der Waals surface area contributed by atoms with Gasteiger partial charge in [0.1, 0.15) is 0 Å². The molecule has 32 valence electrons. The third-order valence-corrected chi connectivity index (χ3v) is 0. The summed E-state index contributed by atoms with van der Waals surface area (Å²) in [6, 6.07) is 0. The van der Waals surface area contributed by atoms with Gasteiger partial charge in [-0.3, -0.25) is 0 Å². The number of hydrogen-bond donors (Lipinski definition) is 0. The van der Waals surface area contributed by atoms with Crippen molar-refractivity contribution in [2.75, 3.05) is 0 Å². The Morgan fingerprint density at radius 2 is 1.33 bits per heavy atom. The maximum atomic E-state index is 8.48. The van der Waals surface area contributed by atoms with E-state index in [4.69, 9.17) is 14.4 Å². The normalized spacial score (nSPS) is 4.33. The van der Waals surface area contributed by atoms with Crippen LogP contribution in [0.25, 0.3) is 0 Å². The molecular formula is O4PTi+. The SMILES string of the molecule is O=[P+]([O-])[O-].[O-2].[Ti+4]. The van der Waals surface area contributed by atoms with Gasteiger partial charge >= 0.3 is 21.7 Å². The van der Waals surface area contributed by atoms with Gasteiger partial charge < -0.3 is 15.3 Å². The minimum absolute atomic E-state index is 0. The zero-order valence-corrected chi connectivity index (χ0v) is 5.04. The summed E-state index contributed by atoms with van der Waals surface area (Å²) >= 11 is 0. The Balaban J connectivity index is -0.0000000450. The van der Waals surface area contributed by atoms with Crippen molar-refractivity contribution in [3.05, 3.63) is 0 Å². The van der Waals surface area contributed by atoms with Crippen LogP contribution in [0.5, 0.6) is 0 Å². The Kier molecular flexibility index (Phi) is 24.4. The summed E-state index contributed by atoms with van der Waals surface area (Å²) < 4.78 is 8.48. The molecule has 0 fully saturated rings. The molecular weight excluding hydrogens is 143 g/mol. The van der Waals surface area contributed by atoms with Crippen molar-refractivity contribution in [1.29, 1.82) is 0 Å². The first-order valence-electron chi connectivity index (χ1n) is 0.548. The summed E-state index contributed by atoms with van der Waals surface area (Å²) in [6.45, 7) is 0. The summed E-state index contributed by atoms with van der Waals surface area (Å²) in [5.41, 5.74) is 0. The molecule has 0 aliphatic carbocycles. The van der Waals surface area contributed by atoms with Gasteiger partial charge in [-0.25, -0.2) is 0 Å². The molecule has 6 heteroatoms. The second-order valence-corrected chi connectivity index (χ2v) is 0.671. The Morgan fingerprint density at radius 3 is 1.33 bits per heavy atom. The van der Waals surface area contributed by atoms with Crippen LogP contribution in [-0.2, 0) is 31.8 Å². The molecule has 0 unspecified atom stereocenters. The molecule has 0 N–H and O–H groups in total. The molecule has 0 aromatic rings. The second kappa shape index (κ2) is 9.19. The quantitative estimate of drug-likeness (QED) is 0.297. The Morgan fingerprint density at radius 1 is 1.33 bits per heavy atom. The molecule has 0 bridgehead atoms. The largest absolute Gasteiger partial charge is 4.00 e. The van der Waals surface area contributed by atoms with Crippen LogP contribution in [0.3, 0.4) is 0 Å². The van der Waals surface area contributed by atoms with Crippen molar-refractivity contribution in [3.8, 4) is 0 Å². The Bertz CT molecular complexity index is 30.5. The molecule has 0 saturated heterocycles. The fourth-order valence-corrected chi connectivity index (χ4v) is 0. The molecule has 0 aromatic heterocycles. The van der Waals surface area contributed by atoms with Crippen LogP contribution in [-0.4, -0.2) is 0 Å². The topological polar surface area (TPSA) is 91.7 Å². The molecule has 0 aliphatic rings. The van der Waals surface area contributed by atoms with Gasteiger partial charge in [-0.2, -0.15) is 0 Å². The van der Waals surface area contributed by atoms with Crippen LogP contribution >= 0.6 is 8.25 Å². The smallest absolute Gasteiger partial charge is 2.00 e. The molecule has 0 amide bonds. The molecule has 0 radical (unpaired) electrons. The first-order valence-corrected chi connectivity index (χ1v) is 1.64. The molecule has 4 nitrogen and oxygen atoms in total. The van der Waals surface area contributed by atoms with Crippen LogP contribution < -0.4 is 9.79 Å². The van der Waals surface area contributed by atoms with E-state index in [9.17, 15) is 0 Å². The molecule has 0 aromatic carbocycles. The van der Waals surface area contributed by atoms with E-state index in [0.717, 1.165) is 0 Å². The standard InChI is InChI=1S/HO3P.O.Ti/c1-4(2)3;;/h(H,1,2,3);;/q;-2;+4/p-1. The van der Waals surface area contributed by atoms with Gasteiger partial charge in [0.25, 0.3) is 8.25 Å². The predicted octanol–water partition coefficient (Wildman–Crippen LogP) is -1.76. The maximum absolute atomic E-state index is 8.48. The minimum atomic E-state index is -3.37. The average Bonchev–Trinajstić information content (AvgIpc) is 0.811. The summed E-state index contributed by atoms with van der Waals surface area (Å²) in [4.78, 5) is 17.0. The molecule has 0 spiro atoms. The summed E-state index contributed by atoms with van der Waals surface area (Å²) in [5.74, 6) is 0. The third-order valence-electron chi connectivity index (χ3n) is 0. The molecule has 6 heavy (non-hydrogen) atoms. The van der Waals surface area contributed by atoms with Crippen LogP contribution in [0.4, 0.5) is 0 Å². The zero-order valence-electron chi connectivity index (χ0n) is 2.58. The molecule has 0 heterocycles. The van der Waals surface area contributed by atoms with Gasteiger partial charge in [0.2, 0.25) is 0 Å². The van der Waals surface area contributed by atoms with Crippen LogP contribution in [0, 0.1) is 0 Å². The van der Waals surface area contributed by atoms with Gasteiger partial charge in [0.05, 0.1) is 0 Å². The van der Waals surface area contributed by atoms with Gasteiger partial charge in [-0.15, -0.1) is 0 Å². The van der Waals surface area contributed by atoms with Crippen molar-refractivity contribution in [3.63, 3.8) is 0 Å². The second-order valence-electron chi connectivity index (χ2n) is 0.224. The van der Waals surface area contributed by atoms with Gasteiger partial charge in [-0.1, -0.05) is 4.57 Å². The van der Waals surface area contributed by atoms with Crippen LogP contribution in [0.2, 0.25) is 0 Å². The van der Waals surface area contributed by atoms with Gasteiger partial charge in [0.15, 0.2) is 0 Å².